The Kier molecular flexibility index (Phi) is 13.4. The Morgan fingerprint density at radius 2 is 1.00 bits per heavy atom. The molecule has 0 aliphatic heterocycles. The number of carboxylic acid groups (broad SMARTS) is 2. The Hall–Kier alpha value is -0.634. The van der Waals surface area contributed by atoms with Crippen LogP contribution in [-0.4, -0.2) is 24.0 Å². The van der Waals surface area contributed by atoms with Gasteiger partial charge in [0.15, 0.2) is 0 Å². The van der Waals surface area contributed by atoms with Crippen LogP contribution in [0.1, 0.15) is 27.7 Å². The van der Waals surface area contributed by atoms with Crippen LogP contribution in [0.15, 0.2) is 0 Å². The van der Waals surface area contributed by atoms with Crippen molar-refractivity contribution in [2.24, 2.45) is 11.8 Å². The van der Waals surface area contributed by atoms with Gasteiger partial charge in [0.1, 0.15) is 0 Å². The first-order chi connectivity index (χ1) is 7.11. The third kappa shape index (κ3) is 11.6. The smallest absolute Gasteiger partial charge is 0.670 e. The van der Waals surface area contributed by atoms with Crippen molar-refractivity contribution in [3.8, 4) is 0 Å². The molecule has 103 valence electrons. The molecule has 2 N–H and O–H groups in total. The summed E-state index contributed by atoms with van der Waals surface area (Å²) in [6, 6.07) is -2.15. The normalized spacial score (nSPS) is 13.2. The van der Waals surface area contributed by atoms with Crippen LogP contribution in [0.2, 0.25) is 0 Å². The van der Waals surface area contributed by atoms with Gasteiger partial charge in [0.2, 0.25) is 0 Å². The first kappa shape index (κ1) is 21.6. The van der Waals surface area contributed by atoms with Crippen LogP contribution in [0, 0.1) is 11.8 Å². The maximum absolute atomic E-state index is 9.84. The molecule has 0 aromatic carbocycles. The summed E-state index contributed by atoms with van der Waals surface area (Å²) in [7, 11) is 0. The second-order valence-electron chi connectivity index (χ2n) is 4.08. The quantitative estimate of drug-likeness (QED) is 0.698. The number of aliphatic carboxylic acids is 2. The van der Waals surface area contributed by atoms with Crippen LogP contribution in [-0.2, 0) is 26.4 Å². The summed E-state index contributed by atoms with van der Waals surface area (Å²) in [6.07, 6.45) is 0. The minimum atomic E-state index is -1.29. The Morgan fingerprint density at radius 1 is 0.824 bits per heavy atom. The van der Waals surface area contributed by atoms with Crippen molar-refractivity contribution in [3.63, 3.8) is 0 Å². The Morgan fingerprint density at radius 3 is 1.00 bits per heavy atom. The molecular formula is C10H18CoN2O4-2. The fourth-order valence-corrected chi connectivity index (χ4v) is 0.544. The molecule has 0 heterocycles. The minimum absolute atomic E-state index is 0. The van der Waals surface area contributed by atoms with E-state index in [-0.39, 0.29) is 28.6 Å². The monoisotopic (exact) mass is 289 g/mol. The number of rotatable bonds is 4. The summed E-state index contributed by atoms with van der Waals surface area (Å²) in [5, 5.41) is 19.7. The van der Waals surface area contributed by atoms with Crippen molar-refractivity contribution in [2.75, 3.05) is 0 Å². The fraction of sp³-hybridized carbons (Fsp3) is 0.800. The van der Waals surface area contributed by atoms with Gasteiger partial charge in [-0.2, -0.15) is 0 Å². The molecule has 2 atom stereocenters. The molecule has 0 aliphatic carbocycles. The number of hydrogen-bond acceptors (Lipinski definition) is 4. The molecule has 17 heavy (non-hydrogen) atoms. The van der Waals surface area contributed by atoms with Crippen molar-refractivity contribution in [1.82, 2.24) is 0 Å². The van der Waals surface area contributed by atoms with Crippen molar-refractivity contribution >= 4 is 11.9 Å². The van der Waals surface area contributed by atoms with Crippen LogP contribution in [0.3, 0.4) is 0 Å². The Bertz CT molecular complexity index is 210. The summed E-state index contributed by atoms with van der Waals surface area (Å²) in [5.41, 5.74) is 13.6. The van der Waals surface area contributed by atoms with E-state index in [0.717, 1.165) is 0 Å². The van der Waals surface area contributed by atoms with Crippen LogP contribution < -0.4 is 10.2 Å². The molecule has 7 heteroatoms. The summed E-state index contributed by atoms with van der Waals surface area (Å²) < 4.78 is 0. The zero-order valence-electron chi connectivity index (χ0n) is 10.3. The SMILES string of the molecule is CC(C)C([NH-])C(=O)[O-].CC(C)C([NH-])C(=O)[O-].[Co+2]. The average molecular weight is 289 g/mol. The second-order valence-corrected chi connectivity index (χ2v) is 4.08. The summed E-state index contributed by atoms with van der Waals surface area (Å²) >= 11 is 0. The molecule has 2 unspecified atom stereocenters. The molecule has 0 bridgehead atoms. The minimum Gasteiger partial charge on any atom is -0.670 e. The van der Waals surface area contributed by atoms with E-state index in [4.69, 9.17) is 11.5 Å². The largest absolute Gasteiger partial charge is 2.00 e. The molecular weight excluding hydrogens is 271 g/mol. The third-order valence-corrected chi connectivity index (χ3v) is 1.84. The zero-order valence-corrected chi connectivity index (χ0v) is 11.3. The molecule has 0 aliphatic rings. The van der Waals surface area contributed by atoms with Crippen molar-refractivity contribution in [3.05, 3.63) is 11.5 Å². The maximum Gasteiger partial charge on any atom is 2.00 e. The number of carboxylic acids is 2. The van der Waals surface area contributed by atoms with Gasteiger partial charge in [-0.15, -0.1) is 0 Å². The van der Waals surface area contributed by atoms with Crippen molar-refractivity contribution in [1.29, 1.82) is 0 Å². The predicted molar refractivity (Wildman–Crippen MR) is 55.9 cm³/mol. The van der Waals surface area contributed by atoms with Crippen LogP contribution in [0.5, 0.6) is 0 Å². The first-order valence-electron chi connectivity index (χ1n) is 4.95. The third-order valence-electron chi connectivity index (χ3n) is 1.84. The molecule has 6 nitrogen and oxygen atoms in total. The van der Waals surface area contributed by atoms with E-state index in [0.29, 0.717) is 0 Å². The predicted octanol–water partition coefficient (Wildman–Crippen LogP) is -0.376. The maximum atomic E-state index is 9.84. The van der Waals surface area contributed by atoms with E-state index in [9.17, 15) is 19.8 Å². The summed E-state index contributed by atoms with van der Waals surface area (Å²) in [6.45, 7) is 6.70. The van der Waals surface area contributed by atoms with Gasteiger partial charge in [0.25, 0.3) is 0 Å². The van der Waals surface area contributed by atoms with Crippen LogP contribution >= 0.6 is 0 Å². The van der Waals surface area contributed by atoms with Crippen molar-refractivity contribution in [2.45, 2.75) is 39.8 Å². The molecule has 0 rings (SSSR count). The van der Waals surface area contributed by atoms with Crippen LogP contribution in [0.4, 0.5) is 0 Å². The molecule has 0 saturated heterocycles. The van der Waals surface area contributed by atoms with E-state index in [2.05, 4.69) is 0 Å². The summed E-state index contributed by atoms with van der Waals surface area (Å²) in [5.74, 6) is -2.89. The zero-order chi connectivity index (χ0) is 13.5. The van der Waals surface area contributed by atoms with E-state index < -0.39 is 24.0 Å². The van der Waals surface area contributed by atoms with Gasteiger partial charge in [-0.25, -0.2) is 0 Å². The number of hydrogen-bond donors (Lipinski definition) is 0. The fourth-order valence-electron chi connectivity index (χ4n) is 0.544. The van der Waals surface area contributed by atoms with E-state index in [1.807, 2.05) is 0 Å². The van der Waals surface area contributed by atoms with Gasteiger partial charge < -0.3 is 31.3 Å². The Labute approximate surface area is 112 Å². The number of carbonyl (C=O) groups is 2. The van der Waals surface area contributed by atoms with E-state index in [1.54, 1.807) is 27.7 Å². The van der Waals surface area contributed by atoms with Gasteiger partial charge in [-0.1, -0.05) is 51.6 Å². The molecule has 0 amide bonds. The van der Waals surface area contributed by atoms with Gasteiger partial charge in [0.05, 0.1) is 0 Å². The number of nitrogens with one attached hydrogen (secondary N) is 2. The van der Waals surface area contributed by atoms with Gasteiger partial charge in [0, 0.05) is 11.9 Å². The molecule has 0 fully saturated rings. The molecule has 0 spiro atoms. The summed E-state index contributed by atoms with van der Waals surface area (Å²) in [4.78, 5) is 19.7. The molecule has 0 saturated carbocycles. The first-order valence-corrected chi connectivity index (χ1v) is 4.95. The van der Waals surface area contributed by atoms with Gasteiger partial charge in [-0.3, -0.25) is 0 Å². The number of carbonyl (C=O) groups excluding carboxylic acids is 2. The van der Waals surface area contributed by atoms with Crippen LogP contribution in [0.25, 0.3) is 11.5 Å². The van der Waals surface area contributed by atoms with Crippen molar-refractivity contribution < 1.29 is 36.6 Å². The van der Waals surface area contributed by atoms with Gasteiger partial charge >= 0.3 is 16.8 Å². The topological polar surface area (TPSA) is 128 Å². The average Bonchev–Trinajstić information content (AvgIpc) is 2.15. The van der Waals surface area contributed by atoms with E-state index in [1.165, 1.54) is 0 Å². The second kappa shape index (κ2) is 10.5. The molecule has 1 radical (unpaired) electrons. The Balaban J connectivity index is -0.000000218. The van der Waals surface area contributed by atoms with E-state index >= 15 is 0 Å². The molecule has 0 aromatic rings. The standard InChI is InChI=1S/2C5H10NO2.Co/c2*1-3(2)4(6)5(7)8;/h2*3-4,6H,1-2H3,(H,7,8);/q2*-1;+2/p-2. The van der Waals surface area contributed by atoms with Gasteiger partial charge in [-0.05, 0) is 0 Å². The molecule has 0 aromatic heterocycles.